The predicted octanol–water partition coefficient (Wildman–Crippen LogP) is 4.85. The van der Waals surface area contributed by atoms with Gasteiger partial charge in [0.05, 0.1) is 11.6 Å². The van der Waals surface area contributed by atoms with Crippen molar-refractivity contribution in [1.82, 2.24) is 10.2 Å². The van der Waals surface area contributed by atoms with Crippen molar-refractivity contribution >= 4 is 33.2 Å². The van der Waals surface area contributed by atoms with Crippen LogP contribution in [0.5, 0.6) is 0 Å². The summed E-state index contributed by atoms with van der Waals surface area (Å²) in [5.41, 5.74) is 0.331. The van der Waals surface area contributed by atoms with E-state index in [4.69, 9.17) is 0 Å². The lowest BCUT2D eigenvalue weighted by molar-refractivity contribution is 0.0913. The van der Waals surface area contributed by atoms with E-state index in [9.17, 15) is 9.18 Å². The van der Waals surface area contributed by atoms with Gasteiger partial charge < -0.3 is 5.32 Å². The van der Waals surface area contributed by atoms with E-state index in [1.807, 2.05) is 6.07 Å². The fourth-order valence-corrected chi connectivity index (χ4v) is 4.47. The summed E-state index contributed by atoms with van der Waals surface area (Å²) in [7, 11) is 0. The minimum atomic E-state index is -0.409. The topological polar surface area (TPSA) is 32.3 Å². The van der Waals surface area contributed by atoms with E-state index in [1.54, 1.807) is 17.4 Å². The van der Waals surface area contributed by atoms with Crippen molar-refractivity contribution in [1.29, 1.82) is 0 Å². The Kier molecular flexibility index (Phi) is 6.25. The molecule has 1 atom stereocenters. The number of nitrogens with one attached hydrogen (secondary N) is 1. The Bertz CT molecular complexity index is 714. The lowest BCUT2D eigenvalue weighted by Crippen LogP contribution is -2.41. The van der Waals surface area contributed by atoms with Gasteiger partial charge >= 0.3 is 0 Å². The molecule has 1 amide bonds. The predicted molar refractivity (Wildman–Crippen MR) is 103 cm³/mol. The molecular formula is C19H22BrFN2OS. The van der Waals surface area contributed by atoms with Gasteiger partial charge in [0.1, 0.15) is 5.82 Å². The first-order valence-electron chi connectivity index (χ1n) is 8.55. The molecule has 1 aromatic carbocycles. The zero-order chi connectivity index (χ0) is 17.8. The van der Waals surface area contributed by atoms with Crippen LogP contribution in [0.3, 0.4) is 0 Å². The molecule has 1 aliphatic rings. The number of likely N-dealkylation sites (tertiary alicyclic amines) is 1. The fourth-order valence-electron chi connectivity index (χ4n) is 3.19. The number of hydrogen-bond donors (Lipinski definition) is 1. The summed E-state index contributed by atoms with van der Waals surface area (Å²) in [6.45, 7) is 4.91. The summed E-state index contributed by atoms with van der Waals surface area (Å²) in [6.07, 6.45) is 2.37. The van der Waals surface area contributed by atoms with Crippen LogP contribution in [0.15, 0.2) is 40.2 Å². The van der Waals surface area contributed by atoms with Crippen LogP contribution in [0.1, 0.15) is 41.0 Å². The molecule has 134 valence electrons. The van der Waals surface area contributed by atoms with Crippen LogP contribution in [-0.4, -0.2) is 30.4 Å². The van der Waals surface area contributed by atoms with E-state index in [2.05, 4.69) is 44.5 Å². The quantitative estimate of drug-likeness (QED) is 0.743. The molecular weight excluding hydrogens is 403 g/mol. The average Bonchev–Trinajstić information content (AvgIpc) is 3.13. The summed E-state index contributed by atoms with van der Waals surface area (Å²) in [6, 6.07) is 8.51. The molecule has 3 nitrogen and oxygen atoms in total. The number of thiophene rings is 1. The van der Waals surface area contributed by atoms with Gasteiger partial charge in [-0.3, -0.25) is 9.69 Å². The minimum Gasteiger partial charge on any atom is -0.350 e. The summed E-state index contributed by atoms with van der Waals surface area (Å²) in [5.74, 6) is 0.101. The molecule has 2 aromatic rings. The van der Waals surface area contributed by atoms with Crippen LogP contribution in [0.25, 0.3) is 0 Å². The molecule has 1 aromatic heterocycles. The first kappa shape index (κ1) is 18.5. The maximum absolute atomic E-state index is 13.4. The van der Waals surface area contributed by atoms with Gasteiger partial charge in [-0.05, 0) is 77.4 Å². The third-order valence-electron chi connectivity index (χ3n) is 4.76. The van der Waals surface area contributed by atoms with Crippen molar-refractivity contribution in [3.8, 4) is 0 Å². The van der Waals surface area contributed by atoms with Crippen LogP contribution in [0, 0.1) is 11.7 Å². The Morgan fingerprint density at radius 1 is 1.40 bits per heavy atom. The Labute approximate surface area is 160 Å². The van der Waals surface area contributed by atoms with Gasteiger partial charge in [-0.2, -0.15) is 0 Å². The van der Waals surface area contributed by atoms with Crippen LogP contribution in [-0.2, 0) is 0 Å². The van der Waals surface area contributed by atoms with Crippen molar-refractivity contribution in [2.75, 3.05) is 19.6 Å². The van der Waals surface area contributed by atoms with Crippen molar-refractivity contribution in [2.24, 2.45) is 5.92 Å². The van der Waals surface area contributed by atoms with Crippen molar-refractivity contribution < 1.29 is 9.18 Å². The minimum absolute atomic E-state index is 0.170. The Balaban J connectivity index is 1.70. The summed E-state index contributed by atoms with van der Waals surface area (Å²) in [4.78, 5) is 16.2. The Morgan fingerprint density at radius 3 is 2.84 bits per heavy atom. The highest BCUT2D eigenvalue weighted by molar-refractivity contribution is 9.10. The summed E-state index contributed by atoms with van der Waals surface area (Å²) >= 11 is 5.04. The van der Waals surface area contributed by atoms with Gasteiger partial charge in [0.15, 0.2) is 0 Å². The van der Waals surface area contributed by atoms with Crippen LogP contribution in [0.2, 0.25) is 0 Å². The van der Waals surface area contributed by atoms with Crippen molar-refractivity contribution in [2.45, 2.75) is 25.8 Å². The van der Waals surface area contributed by atoms with Crippen LogP contribution >= 0.6 is 27.3 Å². The number of halogens is 2. The molecule has 1 fully saturated rings. The highest BCUT2D eigenvalue weighted by Crippen LogP contribution is 2.29. The number of carbonyl (C=O) groups is 1. The number of piperidine rings is 1. The Hall–Kier alpha value is -1.24. The fraction of sp³-hybridized carbons (Fsp3) is 0.421. The molecule has 6 heteroatoms. The van der Waals surface area contributed by atoms with Crippen LogP contribution in [0.4, 0.5) is 4.39 Å². The molecule has 0 aliphatic carbocycles. The van der Waals surface area contributed by atoms with Gasteiger partial charge in [-0.25, -0.2) is 4.39 Å². The van der Waals surface area contributed by atoms with E-state index in [0.29, 0.717) is 16.6 Å². The molecule has 0 bridgehead atoms. The normalized spacial score (nSPS) is 17.4. The third kappa shape index (κ3) is 4.68. The van der Waals surface area contributed by atoms with E-state index in [-0.39, 0.29) is 11.9 Å². The second kappa shape index (κ2) is 8.43. The van der Waals surface area contributed by atoms with Gasteiger partial charge in [0, 0.05) is 15.9 Å². The largest absolute Gasteiger partial charge is 0.350 e. The summed E-state index contributed by atoms with van der Waals surface area (Å²) in [5, 5.41) is 5.06. The number of amides is 1. The number of nitrogens with zero attached hydrogens (tertiary/aromatic N) is 1. The SMILES string of the molecule is CC1CCN([C@H](CNC(=O)c2cc(F)ccc2Br)c2cccs2)CC1. The molecule has 1 N–H and O–H groups in total. The zero-order valence-corrected chi connectivity index (χ0v) is 16.6. The number of carbonyl (C=O) groups excluding carboxylic acids is 1. The molecule has 0 unspecified atom stereocenters. The van der Waals surface area contributed by atoms with Crippen molar-refractivity contribution in [3.63, 3.8) is 0 Å². The van der Waals surface area contributed by atoms with E-state index < -0.39 is 5.82 Å². The standard InChI is InChI=1S/C19H22BrFN2OS/c1-13-6-8-23(9-7-13)17(18-3-2-10-25-18)12-22-19(24)15-11-14(21)4-5-16(15)20/h2-5,10-11,13,17H,6-9,12H2,1H3,(H,22,24)/t17-/m1/s1. The first-order chi connectivity index (χ1) is 12.0. The smallest absolute Gasteiger partial charge is 0.252 e. The lowest BCUT2D eigenvalue weighted by atomic mass is 9.97. The molecule has 0 spiro atoms. The lowest BCUT2D eigenvalue weighted by Gasteiger charge is -2.36. The molecule has 3 rings (SSSR count). The van der Waals surface area contributed by atoms with Gasteiger partial charge in [-0.1, -0.05) is 13.0 Å². The Morgan fingerprint density at radius 2 is 2.16 bits per heavy atom. The molecule has 1 aliphatic heterocycles. The molecule has 0 radical (unpaired) electrons. The zero-order valence-electron chi connectivity index (χ0n) is 14.2. The number of benzene rings is 1. The van der Waals surface area contributed by atoms with Gasteiger partial charge in [0.25, 0.3) is 5.91 Å². The van der Waals surface area contributed by atoms with E-state index >= 15 is 0 Å². The van der Waals surface area contributed by atoms with Gasteiger partial charge in [-0.15, -0.1) is 11.3 Å². The first-order valence-corrected chi connectivity index (χ1v) is 10.2. The average molecular weight is 425 g/mol. The molecule has 1 saturated heterocycles. The number of hydrogen-bond acceptors (Lipinski definition) is 3. The van der Waals surface area contributed by atoms with Gasteiger partial charge in [0.2, 0.25) is 0 Å². The van der Waals surface area contributed by atoms with E-state index in [1.165, 1.54) is 29.9 Å². The monoisotopic (exact) mass is 424 g/mol. The molecule has 25 heavy (non-hydrogen) atoms. The highest BCUT2D eigenvalue weighted by Gasteiger charge is 2.26. The second-order valence-electron chi connectivity index (χ2n) is 6.58. The maximum Gasteiger partial charge on any atom is 0.252 e. The number of rotatable bonds is 5. The van der Waals surface area contributed by atoms with E-state index in [0.717, 1.165) is 19.0 Å². The maximum atomic E-state index is 13.4. The van der Waals surface area contributed by atoms with Crippen LogP contribution < -0.4 is 5.32 Å². The second-order valence-corrected chi connectivity index (χ2v) is 8.42. The van der Waals surface area contributed by atoms with Crippen molar-refractivity contribution in [3.05, 3.63) is 56.4 Å². The summed E-state index contributed by atoms with van der Waals surface area (Å²) < 4.78 is 14.1. The third-order valence-corrected chi connectivity index (χ3v) is 6.42. The highest BCUT2D eigenvalue weighted by atomic mass is 79.9. The molecule has 0 saturated carbocycles. The molecule has 2 heterocycles.